The number of anilines is 1. The molecule has 1 N–H and O–H groups in total. The molecule has 92 valence electrons. The van der Waals surface area contributed by atoms with Crippen molar-refractivity contribution in [1.82, 2.24) is 0 Å². The predicted molar refractivity (Wildman–Crippen MR) is 77.3 cm³/mol. The van der Waals surface area contributed by atoms with Crippen molar-refractivity contribution in [2.24, 2.45) is 0 Å². The molecule has 1 unspecified atom stereocenters. The summed E-state index contributed by atoms with van der Waals surface area (Å²) in [7, 11) is 0. The zero-order valence-electron chi connectivity index (χ0n) is 9.90. The zero-order valence-corrected chi connectivity index (χ0v) is 11.5. The number of para-hydroxylation sites is 1. The van der Waals surface area contributed by atoms with Gasteiger partial charge < -0.3 is 10.1 Å². The van der Waals surface area contributed by atoms with Gasteiger partial charge in [-0.3, -0.25) is 0 Å². The van der Waals surface area contributed by atoms with Gasteiger partial charge in [-0.1, -0.05) is 40.2 Å². The Morgan fingerprint density at radius 1 is 1.17 bits per heavy atom. The van der Waals surface area contributed by atoms with Gasteiger partial charge in [0.05, 0.1) is 6.61 Å². The fourth-order valence-corrected chi connectivity index (χ4v) is 2.64. The van der Waals surface area contributed by atoms with Crippen LogP contribution in [-0.4, -0.2) is 13.2 Å². The topological polar surface area (TPSA) is 21.3 Å². The van der Waals surface area contributed by atoms with Crippen LogP contribution in [0.2, 0.25) is 0 Å². The molecule has 1 heterocycles. The summed E-state index contributed by atoms with van der Waals surface area (Å²) >= 11 is 3.45. The highest BCUT2D eigenvalue weighted by Gasteiger charge is 2.21. The molecule has 0 saturated heterocycles. The Hall–Kier alpha value is -1.48. The van der Waals surface area contributed by atoms with Gasteiger partial charge in [0.1, 0.15) is 5.75 Å². The number of halogens is 1. The lowest BCUT2D eigenvalue weighted by Gasteiger charge is -2.12. The van der Waals surface area contributed by atoms with Crippen LogP contribution in [0.5, 0.6) is 5.75 Å². The van der Waals surface area contributed by atoms with Gasteiger partial charge in [-0.25, -0.2) is 0 Å². The van der Waals surface area contributed by atoms with Crippen molar-refractivity contribution in [3.63, 3.8) is 0 Å². The minimum absolute atomic E-state index is 0.431. The number of fused-ring (bicyclic) bond motifs is 1. The van der Waals surface area contributed by atoms with Crippen molar-refractivity contribution < 1.29 is 4.74 Å². The van der Waals surface area contributed by atoms with E-state index in [4.69, 9.17) is 4.74 Å². The van der Waals surface area contributed by atoms with Crippen LogP contribution in [0, 0.1) is 0 Å². The first kappa shape index (κ1) is 11.6. The number of hydrogen-bond donors (Lipinski definition) is 1. The van der Waals surface area contributed by atoms with Gasteiger partial charge in [0, 0.05) is 22.6 Å². The van der Waals surface area contributed by atoms with Gasteiger partial charge in [0.2, 0.25) is 0 Å². The lowest BCUT2D eigenvalue weighted by atomic mass is 10.0. The molecule has 0 aliphatic carbocycles. The lowest BCUT2D eigenvalue weighted by Crippen LogP contribution is -2.12. The maximum Gasteiger partial charge on any atom is 0.120 e. The van der Waals surface area contributed by atoms with E-state index in [1.807, 2.05) is 24.3 Å². The standard InChI is InChI=1S/C15H14BrNO/c16-12-4-3-5-13(8-12)18-10-11-9-17-15-7-2-1-6-14(11)15/h1-8,11,17H,9-10H2. The second kappa shape index (κ2) is 5.02. The number of ether oxygens (including phenoxy) is 1. The Morgan fingerprint density at radius 3 is 2.94 bits per heavy atom. The minimum Gasteiger partial charge on any atom is -0.493 e. The van der Waals surface area contributed by atoms with E-state index < -0.39 is 0 Å². The Bertz CT molecular complexity index is 556. The van der Waals surface area contributed by atoms with Crippen LogP contribution in [-0.2, 0) is 0 Å². The van der Waals surface area contributed by atoms with E-state index in [0.717, 1.165) is 16.8 Å². The van der Waals surface area contributed by atoms with E-state index in [2.05, 4.69) is 45.5 Å². The molecule has 0 spiro atoms. The molecule has 0 fully saturated rings. The van der Waals surface area contributed by atoms with Crippen molar-refractivity contribution in [3.05, 3.63) is 58.6 Å². The van der Waals surface area contributed by atoms with Crippen molar-refractivity contribution in [2.75, 3.05) is 18.5 Å². The lowest BCUT2D eigenvalue weighted by molar-refractivity contribution is 0.295. The summed E-state index contributed by atoms with van der Waals surface area (Å²) in [6, 6.07) is 16.4. The maximum atomic E-state index is 5.86. The average molecular weight is 304 g/mol. The van der Waals surface area contributed by atoms with Crippen molar-refractivity contribution in [2.45, 2.75) is 5.92 Å². The van der Waals surface area contributed by atoms with Crippen LogP contribution >= 0.6 is 15.9 Å². The quantitative estimate of drug-likeness (QED) is 0.924. The third-order valence-corrected chi connectivity index (χ3v) is 3.68. The molecule has 0 bridgehead atoms. The Labute approximate surface area is 115 Å². The number of nitrogens with one attached hydrogen (secondary N) is 1. The summed E-state index contributed by atoms with van der Waals surface area (Å²) in [6.07, 6.45) is 0. The first-order chi connectivity index (χ1) is 8.83. The van der Waals surface area contributed by atoms with Gasteiger partial charge >= 0.3 is 0 Å². The molecule has 0 radical (unpaired) electrons. The Balaban J connectivity index is 1.69. The van der Waals surface area contributed by atoms with Crippen LogP contribution in [0.3, 0.4) is 0 Å². The molecule has 2 aromatic carbocycles. The maximum absolute atomic E-state index is 5.86. The molecule has 3 rings (SSSR count). The van der Waals surface area contributed by atoms with Gasteiger partial charge in [0.15, 0.2) is 0 Å². The fourth-order valence-electron chi connectivity index (χ4n) is 2.26. The van der Waals surface area contributed by atoms with E-state index in [-0.39, 0.29) is 0 Å². The second-order valence-corrected chi connectivity index (χ2v) is 5.35. The second-order valence-electron chi connectivity index (χ2n) is 4.43. The van der Waals surface area contributed by atoms with Gasteiger partial charge in [-0.15, -0.1) is 0 Å². The molecule has 3 heteroatoms. The number of rotatable bonds is 3. The molecule has 18 heavy (non-hydrogen) atoms. The molecule has 0 saturated carbocycles. The van der Waals surface area contributed by atoms with Gasteiger partial charge in [0.25, 0.3) is 0 Å². The van der Waals surface area contributed by atoms with Crippen LogP contribution in [0.1, 0.15) is 11.5 Å². The molecule has 2 aromatic rings. The van der Waals surface area contributed by atoms with Gasteiger partial charge in [-0.2, -0.15) is 0 Å². The molecule has 1 atom stereocenters. The predicted octanol–water partition coefficient (Wildman–Crippen LogP) is 4.04. The average Bonchev–Trinajstić information content (AvgIpc) is 2.80. The normalized spacial score (nSPS) is 17.1. The molecule has 0 aromatic heterocycles. The summed E-state index contributed by atoms with van der Waals surface area (Å²) in [5, 5.41) is 3.41. The monoisotopic (exact) mass is 303 g/mol. The third kappa shape index (κ3) is 2.36. The van der Waals surface area contributed by atoms with Crippen molar-refractivity contribution in [1.29, 1.82) is 0 Å². The molecular weight excluding hydrogens is 290 g/mol. The van der Waals surface area contributed by atoms with E-state index in [1.165, 1.54) is 11.3 Å². The highest BCUT2D eigenvalue weighted by Crippen LogP contribution is 2.31. The van der Waals surface area contributed by atoms with Crippen LogP contribution < -0.4 is 10.1 Å². The Kier molecular flexibility index (Phi) is 3.24. The highest BCUT2D eigenvalue weighted by molar-refractivity contribution is 9.10. The zero-order chi connectivity index (χ0) is 12.4. The van der Waals surface area contributed by atoms with Crippen molar-refractivity contribution >= 4 is 21.6 Å². The van der Waals surface area contributed by atoms with E-state index in [9.17, 15) is 0 Å². The van der Waals surface area contributed by atoms with Gasteiger partial charge in [-0.05, 0) is 29.8 Å². The molecule has 1 aliphatic rings. The first-order valence-corrected chi connectivity index (χ1v) is 6.83. The summed E-state index contributed by atoms with van der Waals surface area (Å²) in [4.78, 5) is 0. The molecule has 0 amide bonds. The molecule has 2 nitrogen and oxygen atoms in total. The molecule has 1 aliphatic heterocycles. The number of benzene rings is 2. The van der Waals surface area contributed by atoms with Crippen molar-refractivity contribution in [3.8, 4) is 5.75 Å². The summed E-state index contributed by atoms with van der Waals surface area (Å²) in [6.45, 7) is 1.66. The highest BCUT2D eigenvalue weighted by atomic mass is 79.9. The third-order valence-electron chi connectivity index (χ3n) is 3.19. The SMILES string of the molecule is Brc1cccc(OCC2CNc3ccccc32)c1. The summed E-state index contributed by atoms with van der Waals surface area (Å²) in [5.41, 5.74) is 2.59. The largest absolute Gasteiger partial charge is 0.493 e. The molecular formula is C15H14BrNO. The summed E-state index contributed by atoms with van der Waals surface area (Å²) < 4.78 is 6.90. The van der Waals surface area contributed by atoms with E-state index in [1.54, 1.807) is 0 Å². The summed E-state index contributed by atoms with van der Waals surface area (Å²) in [5.74, 6) is 1.34. The Morgan fingerprint density at radius 2 is 2.06 bits per heavy atom. The van der Waals surface area contributed by atoms with Crippen LogP contribution in [0.25, 0.3) is 0 Å². The van der Waals surface area contributed by atoms with Crippen LogP contribution in [0.15, 0.2) is 53.0 Å². The fraction of sp³-hybridized carbons (Fsp3) is 0.200. The smallest absolute Gasteiger partial charge is 0.120 e. The first-order valence-electron chi connectivity index (χ1n) is 6.04. The van der Waals surface area contributed by atoms with E-state index >= 15 is 0 Å². The van der Waals surface area contributed by atoms with Crippen LogP contribution in [0.4, 0.5) is 5.69 Å². The number of hydrogen-bond acceptors (Lipinski definition) is 2. The van der Waals surface area contributed by atoms with E-state index in [0.29, 0.717) is 12.5 Å². The minimum atomic E-state index is 0.431.